The van der Waals surface area contributed by atoms with Crippen molar-refractivity contribution >= 4 is 35.6 Å². The standard InChI is InChI=1S/C18H25N3O2.ClH/c19-18(10-3-1-4-11-18)17(23)20-14-7-6-8-15(13-14)21-12-5-2-9-16(21)22;/h6-8,13H,1-5,9-12,19H2,(H,20,23);1H. The fourth-order valence-electron chi connectivity index (χ4n) is 3.50. The molecule has 3 rings (SSSR count). The van der Waals surface area contributed by atoms with E-state index < -0.39 is 5.54 Å². The maximum Gasteiger partial charge on any atom is 0.244 e. The van der Waals surface area contributed by atoms with Crippen molar-refractivity contribution < 1.29 is 9.59 Å². The Morgan fingerprint density at radius 2 is 1.88 bits per heavy atom. The summed E-state index contributed by atoms with van der Waals surface area (Å²) < 4.78 is 0. The van der Waals surface area contributed by atoms with Crippen LogP contribution < -0.4 is 16.0 Å². The molecule has 0 atom stereocenters. The van der Waals surface area contributed by atoms with Crippen molar-refractivity contribution in [2.75, 3.05) is 16.8 Å². The Kier molecular flexibility index (Phi) is 6.24. The Balaban J connectivity index is 0.00000208. The summed E-state index contributed by atoms with van der Waals surface area (Å²) in [6.07, 6.45) is 7.22. The number of piperidine rings is 1. The van der Waals surface area contributed by atoms with Crippen molar-refractivity contribution in [1.82, 2.24) is 0 Å². The van der Waals surface area contributed by atoms with Crippen molar-refractivity contribution in [3.8, 4) is 0 Å². The SMILES string of the molecule is Cl.NC1(C(=O)Nc2cccc(N3CCCCC3=O)c2)CCCCC1. The van der Waals surface area contributed by atoms with Crippen LogP contribution in [0.4, 0.5) is 11.4 Å². The lowest BCUT2D eigenvalue weighted by Gasteiger charge is -2.32. The van der Waals surface area contributed by atoms with Crippen LogP contribution in [0, 0.1) is 0 Å². The smallest absolute Gasteiger partial charge is 0.244 e. The molecule has 2 amide bonds. The lowest BCUT2D eigenvalue weighted by Crippen LogP contribution is -2.52. The van der Waals surface area contributed by atoms with Gasteiger partial charge in [-0.05, 0) is 43.9 Å². The van der Waals surface area contributed by atoms with Crippen LogP contribution in [0.5, 0.6) is 0 Å². The van der Waals surface area contributed by atoms with Crippen molar-refractivity contribution in [1.29, 1.82) is 0 Å². The van der Waals surface area contributed by atoms with Crippen LogP contribution in [-0.2, 0) is 9.59 Å². The van der Waals surface area contributed by atoms with E-state index in [0.717, 1.165) is 57.2 Å². The van der Waals surface area contributed by atoms with Crippen molar-refractivity contribution in [3.05, 3.63) is 24.3 Å². The summed E-state index contributed by atoms with van der Waals surface area (Å²) in [5, 5.41) is 2.94. The molecule has 1 aliphatic carbocycles. The number of amides is 2. The summed E-state index contributed by atoms with van der Waals surface area (Å²) in [5.74, 6) is 0.0432. The number of benzene rings is 1. The molecule has 2 aliphatic rings. The second kappa shape index (κ2) is 7.99. The Morgan fingerprint density at radius 3 is 2.58 bits per heavy atom. The number of carbonyl (C=O) groups is 2. The van der Waals surface area contributed by atoms with E-state index in [2.05, 4.69) is 5.32 Å². The molecule has 1 aliphatic heterocycles. The van der Waals surface area contributed by atoms with Gasteiger partial charge in [-0.3, -0.25) is 9.59 Å². The van der Waals surface area contributed by atoms with E-state index in [-0.39, 0.29) is 24.2 Å². The highest BCUT2D eigenvalue weighted by Gasteiger charge is 2.35. The summed E-state index contributed by atoms with van der Waals surface area (Å²) in [6, 6.07) is 7.50. The monoisotopic (exact) mass is 351 g/mol. The van der Waals surface area contributed by atoms with E-state index in [1.807, 2.05) is 24.3 Å². The number of nitrogens with zero attached hydrogens (tertiary/aromatic N) is 1. The number of anilines is 2. The quantitative estimate of drug-likeness (QED) is 0.877. The molecule has 0 bridgehead atoms. The maximum absolute atomic E-state index is 12.5. The van der Waals surface area contributed by atoms with Crippen LogP contribution in [0.15, 0.2) is 24.3 Å². The van der Waals surface area contributed by atoms with Crippen LogP contribution in [0.1, 0.15) is 51.4 Å². The first-order chi connectivity index (χ1) is 11.1. The predicted octanol–water partition coefficient (Wildman–Crippen LogP) is 3.23. The number of nitrogens with two attached hydrogens (primary N) is 1. The number of rotatable bonds is 3. The van der Waals surface area contributed by atoms with Crippen LogP contribution in [0.2, 0.25) is 0 Å². The zero-order chi connectivity index (χ0) is 16.3. The molecule has 6 heteroatoms. The highest BCUT2D eigenvalue weighted by atomic mass is 35.5. The van der Waals surface area contributed by atoms with Gasteiger partial charge >= 0.3 is 0 Å². The molecule has 1 aromatic rings. The Morgan fingerprint density at radius 1 is 1.12 bits per heavy atom. The van der Waals surface area contributed by atoms with E-state index in [1.54, 1.807) is 4.90 Å². The van der Waals surface area contributed by atoms with Gasteiger partial charge in [0.2, 0.25) is 11.8 Å². The van der Waals surface area contributed by atoms with Gasteiger partial charge in [-0.15, -0.1) is 12.4 Å². The van der Waals surface area contributed by atoms with Crippen molar-refractivity contribution in [2.45, 2.75) is 56.9 Å². The van der Waals surface area contributed by atoms with E-state index in [1.165, 1.54) is 0 Å². The van der Waals surface area contributed by atoms with Crippen LogP contribution >= 0.6 is 12.4 Å². The second-order valence-corrected chi connectivity index (χ2v) is 6.72. The molecule has 0 unspecified atom stereocenters. The second-order valence-electron chi connectivity index (χ2n) is 6.72. The van der Waals surface area contributed by atoms with Gasteiger partial charge in [0.1, 0.15) is 0 Å². The average molecular weight is 352 g/mol. The Bertz CT molecular complexity index is 600. The maximum atomic E-state index is 12.5. The third-order valence-corrected chi connectivity index (χ3v) is 4.94. The first kappa shape index (κ1) is 18.7. The third kappa shape index (κ3) is 4.08. The zero-order valence-corrected chi connectivity index (χ0v) is 14.7. The molecule has 0 aromatic heterocycles. The highest BCUT2D eigenvalue weighted by Crippen LogP contribution is 2.28. The fraction of sp³-hybridized carbons (Fsp3) is 0.556. The molecule has 1 saturated carbocycles. The van der Waals surface area contributed by atoms with Gasteiger partial charge in [0, 0.05) is 24.3 Å². The van der Waals surface area contributed by atoms with E-state index in [9.17, 15) is 9.59 Å². The summed E-state index contributed by atoms with van der Waals surface area (Å²) in [6.45, 7) is 0.747. The van der Waals surface area contributed by atoms with E-state index in [4.69, 9.17) is 5.73 Å². The molecular formula is C18H26ClN3O2. The van der Waals surface area contributed by atoms with Crippen LogP contribution in [-0.4, -0.2) is 23.9 Å². The lowest BCUT2D eigenvalue weighted by molar-refractivity contribution is -0.122. The molecule has 2 fully saturated rings. The number of halogens is 1. The zero-order valence-electron chi connectivity index (χ0n) is 13.9. The minimum absolute atomic E-state index is 0. The largest absolute Gasteiger partial charge is 0.324 e. The summed E-state index contributed by atoms with van der Waals surface area (Å²) in [7, 11) is 0. The number of carbonyl (C=O) groups excluding carboxylic acids is 2. The van der Waals surface area contributed by atoms with Gasteiger partial charge in [0.05, 0.1) is 5.54 Å². The number of hydrogen-bond donors (Lipinski definition) is 2. The Hall–Kier alpha value is -1.59. The molecule has 1 saturated heterocycles. The molecule has 1 aromatic carbocycles. The molecule has 3 N–H and O–H groups in total. The third-order valence-electron chi connectivity index (χ3n) is 4.94. The van der Waals surface area contributed by atoms with Crippen molar-refractivity contribution in [3.63, 3.8) is 0 Å². The predicted molar refractivity (Wildman–Crippen MR) is 98.5 cm³/mol. The average Bonchev–Trinajstić information content (AvgIpc) is 2.56. The molecule has 1 heterocycles. The topological polar surface area (TPSA) is 75.4 Å². The van der Waals surface area contributed by atoms with Gasteiger partial charge in [-0.25, -0.2) is 0 Å². The number of nitrogens with one attached hydrogen (secondary N) is 1. The number of hydrogen-bond acceptors (Lipinski definition) is 3. The van der Waals surface area contributed by atoms with E-state index >= 15 is 0 Å². The molecular weight excluding hydrogens is 326 g/mol. The molecule has 0 radical (unpaired) electrons. The summed E-state index contributed by atoms with van der Waals surface area (Å²) >= 11 is 0. The molecule has 0 spiro atoms. The molecule has 132 valence electrons. The minimum Gasteiger partial charge on any atom is -0.324 e. The Labute approximate surface area is 149 Å². The highest BCUT2D eigenvalue weighted by molar-refractivity contribution is 5.99. The van der Waals surface area contributed by atoms with Gasteiger partial charge in [0.25, 0.3) is 0 Å². The fourth-order valence-corrected chi connectivity index (χ4v) is 3.50. The minimum atomic E-state index is -0.755. The normalized spacial score (nSPS) is 20.2. The summed E-state index contributed by atoms with van der Waals surface area (Å²) in [4.78, 5) is 26.4. The first-order valence-corrected chi connectivity index (χ1v) is 8.59. The molecule has 5 nitrogen and oxygen atoms in total. The lowest BCUT2D eigenvalue weighted by atomic mass is 9.82. The van der Waals surface area contributed by atoms with Gasteiger partial charge in [0.15, 0.2) is 0 Å². The van der Waals surface area contributed by atoms with Gasteiger partial charge in [-0.1, -0.05) is 25.3 Å². The van der Waals surface area contributed by atoms with Crippen LogP contribution in [0.25, 0.3) is 0 Å². The molecule has 24 heavy (non-hydrogen) atoms. The summed E-state index contributed by atoms with van der Waals surface area (Å²) in [5.41, 5.74) is 7.08. The van der Waals surface area contributed by atoms with Crippen molar-refractivity contribution in [2.24, 2.45) is 5.73 Å². The van der Waals surface area contributed by atoms with Gasteiger partial charge < -0.3 is 16.0 Å². The van der Waals surface area contributed by atoms with E-state index in [0.29, 0.717) is 12.1 Å². The first-order valence-electron chi connectivity index (χ1n) is 8.59. The van der Waals surface area contributed by atoms with Gasteiger partial charge in [-0.2, -0.15) is 0 Å². The van der Waals surface area contributed by atoms with Crippen LogP contribution in [0.3, 0.4) is 0 Å².